The molecule has 1 amide bonds. The summed E-state index contributed by atoms with van der Waals surface area (Å²) in [5.41, 5.74) is 3.02. The molecule has 29 heavy (non-hydrogen) atoms. The highest BCUT2D eigenvalue weighted by molar-refractivity contribution is 5.89. The molecule has 2 aromatic carbocycles. The molecule has 0 aliphatic carbocycles. The maximum Gasteiger partial charge on any atom is 0.277 e. The minimum absolute atomic E-state index is 0.179. The van der Waals surface area contributed by atoms with Crippen LogP contribution in [-0.2, 0) is 17.8 Å². The van der Waals surface area contributed by atoms with Gasteiger partial charge in [0, 0.05) is 18.9 Å². The number of hydrogen-bond acceptors (Lipinski definition) is 4. The number of nitrogens with one attached hydrogen (secondary N) is 1. The summed E-state index contributed by atoms with van der Waals surface area (Å²) in [6.45, 7) is 3.62. The Balaban J connectivity index is 1.74. The number of rotatable bonds is 5. The monoisotopic (exact) mass is 387 g/mol. The molecule has 7 heteroatoms. The van der Waals surface area contributed by atoms with Gasteiger partial charge in [0.2, 0.25) is 11.9 Å². The highest BCUT2D eigenvalue weighted by Gasteiger charge is 2.19. The van der Waals surface area contributed by atoms with E-state index in [4.69, 9.17) is 0 Å². The lowest BCUT2D eigenvalue weighted by molar-refractivity contribution is -0.116. The van der Waals surface area contributed by atoms with Gasteiger partial charge in [-0.05, 0) is 18.1 Å². The number of aromatic nitrogens is 4. The molecule has 1 N–H and O–H groups in total. The topological polar surface area (TPSA) is 83.4 Å². The molecule has 4 rings (SSSR count). The fourth-order valence-electron chi connectivity index (χ4n) is 3.27. The molecule has 0 spiro atoms. The van der Waals surface area contributed by atoms with Gasteiger partial charge < -0.3 is 0 Å². The van der Waals surface area contributed by atoms with Crippen molar-refractivity contribution in [2.24, 2.45) is 0 Å². The smallest absolute Gasteiger partial charge is 0.277 e. The summed E-state index contributed by atoms with van der Waals surface area (Å²) in [5.74, 6) is 0.364. The molecule has 0 aliphatic rings. The normalized spacial score (nSPS) is 11.0. The number of anilines is 1. The minimum atomic E-state index is -0.210. The van der Waals surface area contributed by atoms with E-state index in [1.54, 1.807) is 6.92 Å². The van der Waals surface area contributed by atoms with Crippen molar-refractivity contribution in [1.82, 2.24) is 19.6 Å². The quantitative estimate of drug-likeness (QED) is 0.571. The van der Waals surface area contributed by atoms with Crippen LogP contribution in [-0.4, -0.2) is 25.5 Å². The average molecular weight is 387 g/mol. The molecule has 0 saturated heterocycles. The van der Waals surface area contributed by atoms with Crippen molar-refractivity contribution >= 4 is 17.6 Å². The van der Waals surface area contributed by atoms with Crippen LogP contribution in [0.15, 0.2) is 65.5 Å². The fourth-order valence-corrected chi connectivity index (χ4v) is 3.27. The zero-order valence-corrected chi connectivity index (χ0v) is 16.3. The zero-order chi connectivity index (χ0) is 20.4. The van der Waals surface area contributed by atoms with Gasteiger partial charge in [0.05, 0.1) is 12.2 Å². The summed E-state index contributed by atoms with van der Waals surface area (Å²) in [5, 5.41) is 2.95. The second kappa shape index (κ2) is 7.71. The molecule has 4 aromatic rings. The highest BCUT2D eigenvalue weighted by Crippen LogP contribution is 2.15. The Hall–Kier alpha value is -3.74. The van der Waals surface area contributed by atoms with Gasteiger partial charge in [0.1, 0.15) is 0 Å². The van der Waals surface area contributed by atoms with Gasteiger partial charge in [-0.2, -0.15) is 9.50 Å². The van der Waals surface area contributed by atoms with Gasteiger partial charge in [0.25, 0.3) is 11.3 Å². The number of aryl methyl sites for hydroxylation is 1. The van der Waals surface area contributed by atoms with Crippen LogP contribution in [0.25, 0.3) is 5.78 Å². The van der Waals surface area contributed by atoms with Crippen molar-refractivity contribution in [3.8, 4) is 0 Å². The van der Waals surface area contributed by atoms with Crippen LogP contribution in [0.1, 0.15) is 29.3 Å². The van der Waals surface area contributed by atoms with Crippen LogP contribution < -0.4 is 10.5 Å². The highest BCUT2D eigenvalue weighted by atomic mass is 16.2. The Morgan fingerprint density at radius 1 is 1.00 bits per heavy atom. The molecule has 0 aliphatic heterocycles. The molecule has 0 atom stereocenters. The Kier molecular flexibility index (Phi) is 4.95. The van der Waals surface area contributed by atoms with Gasteiger partial charge in [0.15, 0.2) is 0 Å². The summed E-state index contributed by atoms with van der Waals surface area (Å²) >= 11 is 0. The first-order valence-electron chi connectivity index (χ1n) is 9.37. The number of aromatic amines is 1. The van der Waals surface area contributed by atoms with E-state index in [2.05, 4.69) is 15.1 Å². The van der Waals surface area contributed by atoms with Crippen LogP contribution in [0.2, 0.25) is 0 Å². The number of H-pyrrole nitrogens is 1. The van der Waals surface area contributed by atoms with Crippen molar-refractivity contribution in [2.75, 3.05) is 4.90 Å². The summed E-state index contributed by atoms with van der Waals surface area (Å²) < 4.78 is 1.31. The van der Waals surface area contributed by atoms with E-state index in [1.165, 1.54) is 16.3 Å². The number of hydrogen-bond donors (Lipinski definition) is 1. The predicted molar refractivity (Wildman–Crippen MR) is 111 cm³/mol. The Labute approximate surface area is 167 Å². The summed E-state index contributed by atoms with van der Waals surface area (Å²) in [7, 11) is 0. The second-order valence-corrected chi connectivity index (χ2v) is 6.92. The van der Waals surface area contributed by atoms with E-state index < -0.39 is 0 Å². The van der Waals surface area contributed by atoms with Gasteiger partial charge in [-0.1, -0.05) is 60.7 Å². The summed E-state index contributed by atoms with van der Waals surface area (Å²) in [4.78, 5) is 35.7. The van der Waals surface area contributed by atoms with Crippen LogP contribution in [0.5, 0.6) is 0 Å². The molecule has 0 bridgehead atoms. The fraction of sp³-hybridized carbons (Fsp3) is 0.182. The minimum Gasteiger partial charge on any atom is -0.277 e. The molecular formula is C22H21N5O2. The van der Waals surface area contributed by atoms with Crippen molar-refractivity contribution in [2.45, 2.75) is 26.8 Å². The van der Waals surface area contributed by atoms with Crippen molar-refractivity contribution < 1.29 is 4.79 Å². The van der Waals surface area contributed by atoms with Crippen molar-refractivity contribution in [3.05, 3.63) is 93.4 Å². The maximum absolute atomic E-state index is 13.1. The number of benzene rings is 2. The van der Waals surface area contributed by atoms with E-state index in [0.29, 0.717) is 30.2 Å². The molecule has 0 radical (unpaired) electrons. The number of nitrogens with zero attached hydrogens (tertiary/aromatic N) is 4. The first kappa shape index (κ1) is 18.6. The predicted octanol–water partition coefficient (Wildman–Crippen LogP) is 2.87. The van der Waals surface area contributed by atoms with Gasteiger partial charge >= 0.3 is 0 Å². The van der Waals surface area contributed by atoms with Crippen molar-refractivity contribution in [1.29, 1.82) is 0 Å². The third kappa shape index (κ3) is 3.80. The Morgan fingerprint density at radius 3 is 2.24 bits per heavy atom. The third-order valence-corrected chi connectivity index (χ3v) is 4.83. The largest absolute Gasteiger partial charge is 0.277 e. The number of carbonyl (C=O) groups excluding carboxylic acids is 1. The summed E-state index contributed by atoms with van der Waals surface area (Å²) in [6.07, 6.45) is 0.482. The van der Waals surface area contributed by atoms with Gasteiger partial charge in [-0.3, -0.25) is 19.6 Å². The molecule has 0 unspecified atom stereocenters. The van der Waals surface area contributed by atoms with Crippen LogP contribution in [0, 0.1) is 6.92 Å². The number of fused-ring (bicyclic) bond motifs is 1. The lowest BCUT2D eigenvalue weighted by Gasteiger charge is -2.17. The van der Waals surface area contributed by atoms with E-state index in [9.17, 15) is 9.59 Å². The number of amides is 1. The lowest BCUT2D eigenvalue weighted by atomic mass is 10.1. The zero-order valence-electron chi connectivity index (χ0n) is 16.3. The molecule has 146 valence electrons. The third-order valence-electron chi connectivity index (χ3n) is 4.83. The van der Waals surface area contributed by atoms with Gasteiger partial charge in [-0.25, -0.2) is 4.98 Å². The molecule has 0 fully saturated rings. The Bertz CT molecular complexity index is 1210. The molecular weight excluding hydrogens is 366 g/mol. The SMILES string of the molecule is CC(=O)N(Cc1ccccc1)c1nc2nc(C)c(Cc3ccccc3)c(=O)n2[nH]1. The molecule has 2 heterocycles. The molecule has 2 aromatic heterocycles. The maximum atomic E-state index is 13.1. The first-order chi connectivity index (χ1) is 14.0. The van der Waals surface area contributed by atoms with Crippen LogP contribution >= 0.6 is 0 Å². The van der Waals surface area contributed by atoms with Crippen molar-refractivity contribution in [3.63, 3.8) is 0 Å². The van der Waals surface area contributed by atoms with Gasteiger partial charge in [-0.15, -0.1) is 0 Å². The van der Waals surface area contributed by atoms with E-state index in [0.717, 1.165) is 11.1 Å². The lowest BCUT2D eigenvalue weighted by Crippen LogP contribution is -2.29. The summed E-state index contributed by atoms with van der Waals surface area (Å²) in [6, 6.07) is 19.4. The van der Waals surface area contributed by atoms with E-state index in [1.807, 2.05) is 60.7 Å². The molecule has 0 saturated carbocycles. The average Bonchev–Trinajstić information content (AvgIpc) is 3.14. The second-order valence-electron chi connectivity index (χ2n) is 6.92. The number of carbonyl (C=O) groups is 1. The molecule has 7 nitrogen and oxygen atoms in total. The van der Waals surface area contributed by atoms with E-state index in [-0.39, 0.29) is 17.2 Å². The van der Waals surface area contributed by atoms with Crippen LogP contribution in [0.3, 0.4) is 0 Å². The van der Waals surface area contributed by atoms with E-state index >= 15 is 0 Å². The standard InChI is InChI=1S/C22H21N5O2/c1-15-19(13-17-9-5-3-6-10-17)20(29)27-21(23-15)24-22(25-27)26(16(2)28)14-18-11-7-4-8-12-18/h3-12H,13-14H2,1-2H3,(H,23,24,25). The first-order valence-corrected chi connectivity index (χ1v) is 9.37. The Morgan fingerprint density at radius 2 is 1.62 bits per heavy atom. The van der Waals surface area contributed by atoms with Crippen LogP contribution in [0.4, 0.5) is 5.95 Å².